The lowest BCUT2D eigenvalue weighted by Crippen LogP contribution is -2.17. The van der Waals surface area contributed by atoms with E-state index in [0.29, 0.717) is 16.8 Å². The summed E-state index contributed by atoms with van der Waals surface area (Å²) in [4.78, 5) is 34.6. The first-order valence-corrected chi connectivity index (χ1v) is 13.4. The lowest BCUT2D eigenvalue weighted by molar-refractivity contribution is 0.100. The Balaban J connectivity index is 1.54. The molecule has 0 fully saturated rings. The Kier molecular flexibility index (Phi) is 6.88. The summed E-state index contributed by atoms with van der Waals surface area (Å²) in [6, 6.07) is 10.9. The second-order valence-electron chi connectivity index (χ2n) is 9.49. The zero-order valence-electron chi connectivity index (χ0n) is 22.3. The predicted molar refractivity (Wildman–Crippen MR) is 151 cm³/mol. The van der Waals surface area contributed by atoms with Crippen molar-refractivity contribution in [3.63, 3.8) is 0 Å². The number of aromatic nitrogens is 6. The molecule has 218 valence electrons. The van der Waals surface area contributed by atoms with Crippen LogP contribution in [0.1, 0.15) is 50.0 Å². The molecule has 0 saturated heterocycles. The highest BCUT2D eigenvalue weighted by atomic mass is 32.1. The van der Waals surface area contributed by atoms with E-state index >= 15 is 0 Å². The van der Waals surface area contributed by atoms with Gasteiger partial charge in [0, 0.05) is 29.3 Å². The molecule has 0 atom stereocenters. The van der Waals surface area contributed by atoms with Crippen LogP contribution in [-0.2, 0) is 7.05 Å². The minimum absolute atomic E-state index is 0.0319. The zero-order valence-corrected chi connectivity index (χ0v) is 23.2. The molecule has 6 rings (SSSR count). The van der Waals surface area contributed by atoms with E-state index in [0.717, 1.165) is 22.0 Å². The maximum atomic E-state index is 14.0. The van der Waals surface area contributed by atoms with Gasteiger partial charge in [0.05, 0.1) is 23.8 Å². The average molecular weight is 609 g/mol. The molecule has 0 radical (unpaired) electrons. The van der Waals surface area contributed by atoms with Crippen molar-refractivity contribution in [3.8, 4) is 22.4 Å². The molecule has 5 heterocycles. The Morgan fingerprint density at radius 3 is 2.35 bits per heavy atom. The molecule has 15 heteroatoms. The van der Waals surface area contributed by atoms with Gasteiger partial charge in [0.2, 0.25) is 0 Å². The summed E-state index contributed by atoms with van der Waals surface area (Å²) in [7, 11) is 1.67. The van der Waals surface area contributed by atoms with Gasteiger partial charge >= 0.3 is 0 Å². The van der Waals surface area contributed by atoms with Gasteiger partial charge in [-0.05, 0) is 24.6 Å². The summed E-state index contributed by atoms with van der Waals surface area (Å²) in [6.07, 6.45) is -3.31. The minimum Gasteiger partial charge on any atom is -0.365 e. The first-order chi connectivity index (χ1) is 20.5. The van der Waals surface area contributed by atoms with Gasteiger partial charge in [0.1, 0.15) is 26.7 Å². The molecule has 0 saturated carbocycles. The number of amides is 2. The fourth-order valence-electron chi connectivity index (χ4n) is 4.74. The molecular formula is C28H20F4N8O2S. The highest BCUT2D eigenvalue weighted by molar-refractivity contribution is 7.21. The number of hydrogen-bond acceptors (Lipinski definition) is 7. The van der Waals surface area contributed by atoms with Gasteiger partial charge in [-0.3, -0.25) is 14.3 Å². The third kappa shape index (κ3) is 4.76. The van der Waals surface area contributed by atoms with Crippen LogP contribution in [0.4, 0.5) is 23.2 Å². The number of carbonyl (C=O) groups is 2. The SMILES string of the molecule is Cc1c(-c2cc(C(F)F)nc3sc(C(N)=O)c(NC(=O)c4cnn5c(C(F)F)cc(-c6ccccc6)nc45)c23)cnn1C. The molecule has 3 N–H and O–H groups in total. The monoisotopic (exact) mass is 608 g/mol. The van der Waals surface area contributed by atoms with Crippen LogP contribution in [0, 0.1) is 6.92 Å². The summed E-state index contributed by atoms with van der Waals surface area (Å²) >= 11 is 0.737. The molecule has 0 bridgehead atoms. The number of nitrogens with one attached hydrogen (secondary N) is 1. The van der Waals surface area contributed by atoms with Crippen LogP contribution < -0.4 is 11.1 Å². The lowest BCUT2D eigenvalue weighted by atomic mass is 10.0. The van der Waals surface area contributed by atoms with Crippen LogP contribution in [0.3, 0.4) is 0 Å². The van der Waals surface area contributed by atoms with E-state index < -0.39 is 36.1 Å². The normalized spacial score (nSPS) is 11.7. The molecule has 0 aliphatic carbocycles. The van der Waals surface area contributed by atoms with E-state index in [9.17, 15) is 27.2 Å². The predicted octanol–water partition coefficient (Wildman–Crippen LogP) is 5.94. The van der Waals surface area contributed by atoms with E-state index in [-0.39, 0.29) is 43.2 Å². The van der Waals surface area contributed by atoms with Crippen molar-refractivity contribution in [3.05, 3.63) is 82.4 Å². The quantitative estimate of drug-likeness (QED) is 0.216. The van der Waals surface area contributed by atoms with E-state index in [1.54, 1.807) is 49.0 Å². The molecular weight excluding hydrogens is 588 g/mol. The summed E-state index contributed by atoms with van der Waals surface area (Å²) in [5.41, 5.74) is 6.27. The number of rotatable bonds is 7. The first kappa shape index (κ1) is 28.0. The van der Waals surface area contributed by atoms with Gasteiger partial charge in [-0.1, -0.05) is 30.3 Å². The van der Waals surface area contributed by atoms with Crippen LogP contribution >= 0.6 is 11.3 Å². The van der Waals surface area contributed by atoms with Gasteiger partial charge in [0.15, 0.2) is 5.65 Å². The Morgan fingerprint density at radius 1 is 0.977 bits per heavy atom. The largest absolute Gasteiger partial charge is 0.365 e. The van der Waals surface area contributed by atoms with Gasteiger partial charge in [-0.2, -0.15) is 10.2 Å². The Hall–Kier alpha value is -5.18. The zero-order chi connectivity index (χ0) is 30.6. The number of benzene rings is 1. The number of hydrogen-bond donors (Lipinski definition) is 2. The third-order valence-corrected chi connectivity index (χ3v) is 8.03. The van der Waals surface area contributed by atoms with E-state index in [1.165, 1.54) is 18.3 Å². The lowest BCUT2D eigenvalue weighted by Gasteiger charge is -2.11. The second-order valence-corrected chi connectivity index (χ2v) is 10.5. The number of pyridine rings is 1. The number of fused-ring (bicyclic) bond motifs is 2. The number of primary amides is 1. The van der Waals surface area contributed by atoms with Gasteiger partial charge in [0.25, 0.3) is 24.7 Å². The van der Waals surface area contributed by atoms with Gasteiger partial charge in [-0.25, -0.2) is 32.0 Å². The first-order valence-electron chi connectivity index (χ1n) is 12.6. The van der Waals surface area contributed by atoms with Crippen molar-refractivity contribution < 1.29 is 27.2 Å². The molecule has 1 aromatic carbocycles. The highest BCUT2D eigenvalue weighted by Gasteiger charge is 2.28. The van der Waals surface area contributed by atoms with E-state index in [4.69, 9.17) is 5.73 Å². The average Bonchev–Trinajstić information content (AvgIpc) is 3.67. The van der Waals surface area contributed by atoms with Crippen molar-refractivity contribution in [2.24, 2.45) is 12.8 Å². The highest BCUT2D eigenvalue weighted by Crippen LogP contribution is 2.43. The number of nitrogens with zero attached hydrogens (tertiary/aromatic N) is 6. The van der Waals surface area contributed by atoms with Crippen molar-refractivity contribution in [1.29, 1.82) is 0 Å². The van der Waals surface area contributed by atoms with E-state index in [2.05, 4.69) is 25.5 Å². The standard InChI is InChI=1S/C28H20F4N8O2S/c1-12-15(10-34-39(12)2)14-8-18(23(29)30)37-28-20(14)21(22(43-28)25(33)41)38-27(42)16-11-35-40-19(24(31)32)9-17(36-26(16)40)13-6-4-3-5-7-13/h3-11,23-24H,1-2H3,(H2,33,41)(H,38,42). The molecule has 2 amide bonds. The Morgan fingerprint density at radius 2 is 1.72 bits per heavy atom. The van der Waals surface area contributed by atoms with Crippen LogP contribution in [0.5, 0.6) is 0 Å². The molecule has 10 nitrogen and oxygen atoms in total. The Bertz CT molecular complexity index is 2050. The molecule has 6 aromatic rings. The molecule has 43 heavy (non-hydrogen) atoms. The summed E-state index contributed by atoms with van der Waals surface area (Å²) in [6.45, 7) is 1.73. The van der Waals surface area contributed by atoms with Crippen molar-refractivity contribution >= 4 is 44.7 Å². The molecule has 5 aromatic heterocycles. The number of aryl methyl sites for hydroxylation is 1. The fraction of sp³-hybridized carbons (Fsp3) is 0.143. The van der Waals surface area contributed by atoms with Crippen molar-refractivity contribution in [2.75, 3.05) is 5.32 Å². The molecule has 0 aliphatic rings. The number of carbonyl (C=O) groups excluding carboxylic acids is 2. The number of halogens is 4. The topological polar surface area (TPSA) is 133 Å². The number of alkyl halides is 4. The third-order valence-electron chi connectivity index (χ3n) is 6.93. The summed E-state index contributed by atoms with van der Waals surface area (Å²) in [5.74, 6) is -1.78. The van der Waals surface area contributed by atoms with Crippen LogP contribution in [0.25, 0.3) is 38.2 Å². The molecule has 0 spiro atoms. The maximum absolute atomic E-state index is 14.0. The van der Waals surface area contributed by atoms with Crippen LogP contribution in [0.2, 0.25) is 0 Å². The Labute approximate surface area is 243 Å². The van der Waals surface area contributed by atoms with Crippen molar-refractivity contribution in [1.82, 2.24) is 29.4 Å². The number of thiophene rings is 1. The van der Waals surface area contributed by atoms with E-state index in [1.807, 2.05) is 0 Å². The minimum atomic E-state index is -2.94. The molecule has 0 unspecified atom stereocenters. The van der Waals surface area contributed by atoms with Crippen LogP contribution in [-0.4, -0.2) is 41.2 Å². The van der Waals surface area contributed by atoms with Gasteiger partial charge in [-0.15, -0.1) is 11.3 Å². The smallest absolute Gasteiger partial charge is 0.280 e. The second kappa shape index (κ2) is 10.6. The number of anilines is 1. The molecule has 0 aliphatic heterocycles. The van der Waals surface area contributed by atoms with Crippen molar-refractivity contribution in [2.45, 2.75) is 19.8 Å². The number of nitrogens with two attached hydrogens (primary N) is 1. The van der Waals surface area contributed by atoms with Gasteiger partial charge < -0.3 is 11.1 Å². The van der Waals surface area contributed by atoms with Crippen LogP contribution in [0.15, 0.2) is 54.9 Å². The summed E-state index contributed by atoms with van der Waals surface area (Å²) in [5, 5.41) is 11.0. The maximum Gasteiger partial charge on any atom is 0.280 e. The fourth-order valence-corrected chi connectivity index (χ4v) is 5.75. The summed E-state index contributed by atoms with van der Waals surface area (Å²) < 4.78 is 58.2.